The van der Waals surface area contributed by atoms with Crippen LogP contribution in [0.15, 0.2) is 65.1 Å². The lowest BCUT2D eigenvalue weighted by atomic mass is 10.1. The van der Waals surface area contributed by atoms with Gasteiger partial charge in [-0.25, -0.2) is 4.39 Å². The van der Waals surface area contributed by atoms with Gasteiger partial charge in [0.2, 0.25) is 5.91 Å². The van der Waals surface area contributed by atoms with E-state index in [-0.39, 0.29) is 17.8 Å². The van der Waals surface area contributed by atoms with E-state index in [1.165, 1.54) is 6.07 Å². The molecule has 5 heteroatoms. The molecule has 0 radical (unpaired) electrons. The summed E-state index contributed by atoms with van der Waals surface area (Å²) in [6.07, 6.45) is 0.974. The van der Waals surface area contributed by atoms with E-state index < -0.39 is 0 Å². The number of hydrogen-bond donors (Lipinski definition) is 1. The predicted molar refractivity (Wildman–Crippen MR) is 111 cm³/mol. The molecule has 0 aliphatic rings. The highest BCUT2D eigenvalue weighted by atomic mass is 19.1. The quantitative estimate of drug-likeness (QED) is 0.538. The number of ether oxygens (including phenoxy) is 1. The highest BCUT2D eigenvalue weighted by molar-refractivity contribution is 5.76. The fourth-order valence-electron chi connectivity index (χ4n) is 2.86. The Morgan fingerprint density at radius 1 is 1.03 bits per heavy atom. The first kappa shape index (κ1) is 20.8. The molecule has 29 heavy (non-hydrogen) atoms. The van der Waals surface area contributed by atoms with Crippen LogP contribution in [-0.2, 0) is 29.1 Å². The van der Waals surface area contributed by atoms with E-state index in [4.69, 9.17) is 9.15 Å². The third-order valence-electron chi connectivity index (χ3n) is 4.50. The van der Waals surface area contributed by atoms with Crippen molar-refractivity contribution in [2.45, 2.75) is 45.9 Å². The number of rotatable bonds is 9. The van der Waals surface area contributed by atoms with Gasteiger partial charge in [-0.15, -0.1) is 0 Å². The van der Waals surface area contributed by atoms with Crippen molar-refractivity contribution in [2.75, 3.05) is 0 Å². The minimum Gasteiger partial charge on any atom is -0.461 e. The van der Waals surface area contributed by atoms with Crippen LogP contribution in [0.2, 0.25) is 0 Å². The van der Waals surface area contributed by atoms with Crippen LogP contribution in [0.3, 0.4) is 0 Å². The number of aryl methyl sites for hydroxylation is 1. The summed E-state index contributed by atoms with van der Waals surface area (Å²) < 4.78 is 25.1. The average molecular weight is 395 g/mol. The Hall–Kier alpha value is -2.92. The van der Waals surface area contributed by atoms with Gasteiger partial charge in [-0.2, -0.15) is 0 Å². The summed E-state index contributed by atoms with van der Waals surface area (Å²) in [6, 6.07) is 18.0. The Morgan fingerprint density at radius 3 is 2.48 bits per heavy atom. The van der Waals surface area contributed by atoms with Crippen molar-refractivity contribution in [1.82, 2.24) is 5.32 Å². The second kappa shape index (κ2) is 10.0. The van der Waals surface area contributed by atoms with E-state index in [2.05, 4.69) is 5.32 Å². The number of amides is 1. The van der Waals surface area contributed by atoms with E-state index in [0.717, 1.165) is 11.1 Å². The highest BCUT2D eigenvalue weighted by Gasteiger charge is 2.10. The van der Waals surface area contributed by atoms with E-state index in [0.29, 0.717) is 43.1 Å². The Balaban J connectivity index is 1.44. The van der Waals surface area contributed by atoms with Crippen molar-refractivity contribution in [3.05, 3.63) is 83.4 Å². The van der Waals surface area contributed by atoms with E-state index in [1.807, 2.05) is 38.1 Å². The summed E-state index contributed by atoms with van der Waals surface area (Å²) in [6.45, 7) is 5.08. The molecule has 1 N–H and O–H groups in total. The molecule has 0 aliphatic carbocycles. The second-order valence-corrected chi connectivity index (χ2v) is 7.20. The monoisotopic (exact) mass is 395 g/mol. The molecule has 2 aromatic carbocycles. The number of halogens is 1. The number of benzene rings is 2. The summed E-state index contributed by atoms with van der Waals surface area (Å²) in [4.78, 5) is 12.1. The lowest BCUT2D eigenvalue weighted by Crippen LogP contribution is -2.22. The Kier molecular flexibility index (Phi) is 7.19. The van der Waals surface area contributed by atoms with E-state index in [1.54, 1.807) is 30.3 Å². The molecule has 0 unspecified atom stereocenters. The van der Waals surface area contributed by atoms with Crippen molar-refractivity contribution in [3.63, 3.8) is 0 Å². The Labute approximate surface area is 170 Å². The van der Waals surface area contributed by atoms with E-state index >= 15 is 0 Å². The van der Waals surface area contributed by atoms with Crippen LogP contribution in [-0.4, -0.2) is 12.0 Å². The van der Waals surface area contributed by atoms with Crippen LogP contribution in [0.4, 0.5) is 4.39 Å². The fourth-order valence-corrected chi connectivity index (χ4v) is 2.86. The van der Waals surface area contributed by atoms with Crippen LogP contribution in [0.25, 0.3) is 11.3 Å². The van der Waals surface area contributed by atoms with Crippen molar-refractivity contribution >= 4 is 5.91 Å². The molecule has 0 atom stereocenters. The topological polar surface area (TPSA) is 51.5 Å². The molecule has 0 saturated carbocycles. The maximum atomic E-state index is 13.8. The van der Waals surface area contributed by atoms with Gasteiger partial charge in [-0.05, 0) is 49.2 Å². The summed E-state index contributed by atoms with van der Waals surface area (Å²) >= 11 is 0. The molecule has 1 aromatic heterocycles. The normalized spacial score (nSPS) is 11.0. The average Bonchev–Trinajstić information content (AvgIpc) is 3.19. The third-order valence-corrected chi connectivity index (χ3v) is 4.50. The molecule has 1 amide bonds. The van der Waals surface area contributed by atoms with Gasteiger partial charge in [0.1, 0.15) is 17.3 Å². The van der Waals surface area contributed by atoms with Crippen LogP contribution < -0.4 is 5.32 Å². The fraction of sp³-hybridized carbons (Fsp3) is 0.292. The molecule has 0 aliphatic heterocycles. The molecule has 0 fully saturated rings. The van der Waals surface area contributed by atoms with Crippen LogP contribution in [0, 0.1) is 5.82 Å². The molecule has 3 aromatic rings. The molecule has 3 rings (SSSR count). The van der Waals surface area contributed by atoms with Gasteiger partial charge in [-0.3, -0.25) is 4.79 Å². The summed E-state index contributed by atoms with van der Waals surface area (Å²) in [5, 5.41) is 2.91. The van der Waals surface area contributed by atoms with Crippen LogP contribution in [0.5, 0.6) is 0 Å². The van der Waals surface area contributed by atoms with Crippen LogP contribution >= 0.6 is 0 Å². The Bertz CT molecular complexity index is 931. The SMILES string of the molecule is CC(C)OCc1ccc(CNC(=O)CCc2ccc(-c3ccccc3F)o2)cc1. The number of carbonyl (C=O) groups is 1. The first-order chi connectivity index (χ1) is 14.0. The molecule has 0 bridgehead atoms. The summed E-state index contributed by atoms with van der Waals surface area (Å²) in [5.74, 6) is 0.752. The maximum Gasteiger partial charge on any atom is 0.220 e. The second-order valence-electron chi connectivity index (χ2n) is 7.20. The lowest BCUT2D eigenvalue weighted by Gasteiger charge is -2.09. The first-order valence-electron chi connectivity index (χ1n) is 9.81. The molecular formula is C24H26FNO3. The molecular weight excluding hydrogens is 369 g/mol. The van der Waals surface area contributed by atoms with Crippen LogP contribution in [0.1, 0.15) is 37.2 Å². The maximum absolute atomic E-state index is 13.8. The zero-order valence-corrected chi connectivity index (χ0v) is 16.8. The van der Waals surface area contributed by atoms with E-state index in [9.17, 15) is 9.18 Å². The zero-order valence-electron chi connectivity index (χ0n) is 16.8. The van der Waals surface area contributed by atoms with Gasteiger partial charge in [-0.1, -0.05) is 36.4 Å². The van der Waals surface area contributed by atoms with Gasteiger partial charge >= 0.3 is 0 Å². The van der Waals surface area contributed by atoms with Gasteiger partial charge < -0.3 is 14.5 Å². The van der Waals surface area contributed by atoms with Gasteiger partial charge in [0.25, 0.3) is 0 Å². The highest BCUT2D eigenvalue weighted by Crippen LogP contribution is 2.25. The Morgan fingerprint density at radius 2 is 1.76 bits per heavy atom. The van der Waals surface area contributed by atoms with Crippen molar-refractivity contribution < 1.29 is 18.3 Å². The molecule has 152 valence electrons. The number of furan rings is 1. The minimum atomic E-state index is -0.326. The molecule has 0 spiro atoms. The molecule has 0 saturated heterocycles. The number of nitrogens with one attached hydrogen (secondary N) is 1. The minimum absolute atomic E-state index is 0.0546. The smallest absolute Gasteiger partial charge is 0.220 e. The first-order valence-corrected chi connectivity index (χ1v) is 9.81. The summed E-state index contributed by atoms with van der Waals surface area (Å²) in [7, 11) is 0. The lowest BCUT2D eigenvalue weighted by molar-refractivity contribution is -0.121. The predicted octanol–water partition coefficient (Wildman–Crippen LogP) is 5.26. The zero-order chi connectivity index (χ0) is 20.6. The van der Waals surface area contributed by atoms with Gasteiger partial charge in [0.05, 0.1) is 18.3 Å². The van der Waals surface area contributed by atoms with Crippen molar-refractivity contribution in [2.24, 2.45) is 0 Å². The largest absolute Gasteiger partial charge is 0.461 e. The molecule has 1 heterocycles. The summed E-state index contributed by atoms with van der Waals surface area (Å²) in [5.41, 5.74) is 2.56. The number of hydrogen-bond acceptors (Lipinski definition) is 3. The van der Waals surface area contributed by atoms with Gasteiger partial charge in [0, 0.05) is 19.4 Å². The third kappa shape index (κ3) is 6.29. The number of carbonyl (C=O) groups excluding carboxylic acids is 1. The van der Waals surface area contributed by atoms with Crippen molar-refractivity contribution in [1.29, 1.82) is 0 Å². The standard InChI is InChI=1S/C24H26FNO3/c1-17(2)28-16-19-9-7-18(8-10-19)15-26-24(27)14-12-20-11-13-23(29-20)21-5-3-4-6-22(21)25/h3-11,13,17H,12,14-16H2,1-2H3,(H,26,27). The molecule has 4 nitrogen and oxygen atoms in total. The van der Waals surface area contributed by atoms with Crippen molar-refractivity contribution in [3.8, 4) is 11.3 Å². The van der Waals surface area contributed by atoms with Gasteiger partial charge in [0.15, 0.2) is 0 Å².